The number of hydrogen-bond acceptors (Lipinski definition) is 1. The lowest BCUT2D eigenvalue weighted by atomic mass is 9.71. The minimum Gasteiger partial charge on any atom is -0.493 e. The molecule has 1 aromatic carbocycles. The van der Waals surface area contributed by atoms with Crippen molar-refractivity contribution in [3.63, 3.8) is 0 Å². The first-order valence-electron chi connectivity index (χ1n) is 8.82. The van der Waals surface area contributed by atoms with Crippen molar-refractivity contribution in [2.45, 2.75) is 58.3 Å². The van der Waals surface area contributed by atoms with Crippen molar-refractivity contribution in [2.75, 3.05) is 6.61 Å². The van der Waals surface area contributed by atoms with Crippen LogP contribution in [0.1, 0.15) is 57.4 Å². The molecule has 2 aliphatic rings. The van der Waals surface area contributed by atoms with E-state index < -0.39 is 0 Å². The molecule has 0 radical (unpaired) electrons. The van der Waals surface area contributed by atoms with Gasteiger partial charge in [-0.1, -0.05) is 49.6 Å². The molecule has 0 aromatic heterocycles. The third kappa shape index (κ3) is 3.35. The Morgan fingerprint density at radius 3 is 2.86 bits per heavy atom. The molecule has 3 rings (SSSR count). The van der Waals surface area contributed by atoms with Gasteiger partial charge in [0.15, 0.2) is 0 Å². The standard InChI is InChI=1S/C20H27ClO/c1-2-7-16-9-10-18(14-19(16)21)22-15-17-8-6-13-20(17)11-4-3-5-12-20/h4,9-11,14,17H,2-3,5-8,12-13,15H2,1H3. The van der Waals surface area contributed by atoms with E-state index >= 15 is 0 Å². The Labute approximate surface area is 139 Å². The van der Waals surface area contributed by atoms with Crippen LogP contribution in [0, 0.1) is 11.3 Å². The molecule has 0 amide bonds. The Kier molecular flexibility index (Phi) is 5.13. The van der Waals surface area contributed by atoms with Crippen LogP contribution in [0.4, 0.5) is 0 Å². The average molecular weight is 319 g/mol. The number of hydrogen-bond donors (Lipinski definition) is 0. The molecule has 0 N–H and O–H groups in total. The molecule has 22 heavy (non-hydrogen) atoms. The fourth-order valence-corrected chi connectivity index (χ4v) is 4.47. The SMILES string of the molecule is CCCc1ccc(OCC2CCCC23C=CCCC3)cc1Cl. The van der Waals surface area contributed by atoms with Crippen LogP contribution in [0.5, 0.6) is 5.75 Å². The number of aryl methyl sites for hydroxylation is 1. The monoisotopic (exact) mass is 318 g/mol. The molecule has 0 saturated heterocycles. The van der Waals surface area contributed by atoms with Crippen LogP contribution >= 0.6 is 11.6 Å². The zero-order valence-corrected chi connectivity index (χ0v) is 14.4. The molecule has 1 spiro atoms. The maximum atomic E-state index is 6.35. The summed E-state index contributed by atoms with van der Waals surface area (Å²) in [7, 11) is 0. The van der Waals surface area contributed by atoms with Crippen molar-refractivity contribution >= 4 is 11.6 Å². The van der Waals surface area contributed by atoms with E-state index in [4.69, 9.17) is 16.3 Å². The van der Waals surface area contributed by atoms with Gasteiger partial charge < -0.3 is 4.74 Å². The van der Waals surface area contributed by atoms with Crippen molar-refractivity contribution < 1.29 is 4.74 Å². The highest BCUT2D eigenvalue weighted by Gasteiger charge is 2.41. The number of allylic oxidation sites excluding steroid dienone is 2. The van der Waals surface area contributed by atoms with Gasteiger partial charge in [-0.05, 0) is 61.6 Å². The van der Waals surface area contributed by atoms with Gasteiger partial charge in [0.1, 0.15) is 5.75 Å². The Balaban J connectivity index is 1.63. The molecule has 2 unspecified atom stereocenters. The van der Waals surface area contributed by atoms with Crippen LogP contribution in [0.2, 0.25) is 5.02 Å². The molecule has 0 aliphatic heterocycles. The quantitative estimate of drug-likeness (QED) is 0.587. The van der Waals surface area contributed by atoms with Gasteiger partial charge in [-0.3, -0.25) is 0 Å². The van der Waals surface area contributed by atoms with Gasteiger partial charge in [0.2, 0.25) is 0 Å². The van der Waals surface area contributed by atoms with E-state index in [1.165, 1.54) is 44.1 Å². The number of ether oxygens (including phenoxy) is 1. The van der Waals surface area contributed by atoms with E-state index in [2.05, 4.69) is 31.2 Å². The van der Waals surface area contributed by atoms with Gasteiger partial charge in [-0.25, -0.2) is 0 Å². The number of halogens is 1. The number of benzene rings is 1. The van der Waals surface area contributed by atoms with E-state index in [-0.39, 0.29) is 0 Å². The molecule has 1 nitrogen and oxygen atoms in total. The summed E-state index contributed by atoms with van der Waals surface area (Å²) in [6.07, 6.45) is 15.0. The van der Waals surface area contributed by atoms with Crippen molar-refractivity contribution in [1.29, 1.82) is 0 Å². The molecular weight excluding hydrogens is 292 g/mol. The van der Waals surface area contributed by atoms with Crippen LogP contribution in [-0.2, 0) is 6.42 Å². The summed E-state index contributed by atoms with van der Waals surface area (Å²) in [6, 6.07) is 6.19. The summed E-state index contributed by atoms with van der Waals surface area (Å²) in [6.45, 7) is 3.01. The summed E-state index contributed by atoms with van der Waals surface area (Å²) >= 11 is 6.35. The lowest BCUT2D eigenvalue weighted by Crippen LogP contribution is -2.29. The molecule has 2 heteroatoms. The predicted octanol–water partition coefficient (Wildman–Crippen LogP) is 6.20. The maximum Gasteiger partial charge on any atom is 0.120 e. The van der Waals surface area contributed by atoms with Gasteiger partial charge in [0, 0.05) is 10.9 Å². The predicted molar refractivity (Wildman–Crippen MR) is 93.7 cm³/mol. The summed E-state index contributed by atoms with van der Waals surface area (Å²) < 4.78 is 6.11. The summed E-state index contributed by atoms with van der Waals surface area (Å²) in [5.41, 5.74) is 1.65. The Hall–Kier alpha value is -0.950. The van der Waals surface area contributed by atoms with Gasteiger partial charge >= 0.3 is 0 Å². The number of rotatable bonds is 5. The van der Waals surface area contributed by atoms with Crippen LogP contribution in [-0.4, -0.2) is 6.61 Å². The summed E-state index contributed by atoms with van der Waals surface area (Å²) in [5, 5.41) is 0.845. The lowest BCUT2D eigenvalue weighted by Gasteiger charge is -2.35. The normalized spacial score (nSPS) is 27.5. The van der Waals surface area contributed by atoms with Crippen LogP contribution in [0.3, 0.4) is 0 Å². The third-order valence-electron chi connectivity index (χ3n) is 5.47. The summed E-state index contributed by atoms with van der Waals surface area (Å²) in [5.74, 6) is 1.59. The molecule has 120 valence electrons. The van der Waals surface area contributed by atoms with E-state index in [0.717, 1.165) is 30.2 Å². The van der Waals surface area contributed by atoms with Crippen molar-refractivity contribution in [3.8, 4) is 5.75 Å². The first-order valence-corrected chi connectivity index (χ1v) is 9.20. The minimum atomic E-state index is 0.421. The van der Waals surface area contributed by atoms with Crippen molar-refractivity contribution in [1.82, 2.24) is 0 Å². The highest BCUT2D eigenvalue weighted by Crippen LogP contribution is 2.50. The molecule has 1 fully saturated rings. The lowest BCUT2D eigenvalue weighted by molar-refractivity contribution is 0.154. The minimum absolute atomic E-state index is 0.421. The molecule has 0 bridgehead atoms. The molecule has 2 aliphatic carbocycles. The maximum absolute atomic E-state index is 6.35. The second kappa shape index (κ2) is 7.08. The molecule has 1 saturated carbocycles. The van der Waals surface area contributed by atoms with Crippen LogP contribution in [0.25, 0.3) is 0 Å². The fourth-order valence-electron chi connectivity index (χ4n) is 4.20. The van der Waals surface area contributed by atoms with Crippen LogP contribution in [0.15, 0.2) is 30.4 Å². The first-order chi connectivity index (χ1) is 10.7. The second-order valence-corrected chi connectivity index (χ2v) is 7.34. The highest BCUT2D eigenvalue weighted by molar-refractivity contribution is 6.31. The van der Waals surface area contributed by atoms with Crippen molar-refractivity contribution in [3.05, 3.63) is 40.9 Å². The molecular formula is C20H27ClO. The van der Waals surface area contributed by atoms with E-state index in [1.54, 1.807) is 0 Å². The third-order valence-corrected chi connectivity index (χ3v) is 5.82. The van der Waals surface area contributed by atoms with Crippen LogP contribution < -0.4 is 4.74 Å². The Morgan fingerprint density at radius 2 is 2.14 bits per heavy atom. The van der Waals surface area contributed by atoms with E-state index in [9.17, 15) is 0 Å². The first kappa shape index (κ1) is 15.9. The topological polar surface area (TPSA) is 9.23 Å². The van der Waals surface area contributed by atoms with E-state index in [0.29, 0.717) is 11.3 Å². The zero-order chi connectivity index (χ0) is 15.4. The largest absolute Gasteiger partial charge is 0.493 e. The molecule has 0 heterocycles. The van der Waals surface area contributed by atoms with Gasteiger partial charge in [0.25, 0.3) is 0 Å². The zero-order valence-electron chi connectivity index (χ0n) is 13.6. The fraction of sp³-hybridized carbons (Fsp3) is 0.600. The van der Waals surface area contributed by atoms with Gasteiger partial charge in [0.05, 0.1) is 6.61 Å². The molecule has 1 aromatic rings. The molecule has 2 atom stereocenters. The summed E-state index contributed by atoms with van der Waals surface area (Å²) in [4.78, 5) is 0. The average Bonchev–Trinajstić information content (AvgIpc) is 2.91. The smallest absolute Gasteiger partial charge is 0.120 e. The second-order valence-electron chi connectivity index (χ2n) is 6.93. The van der Waals surface area contributed by atoms with Gasteiger partial charge in [-0.15, -0.1) is 0 Å². The Bertz CT molecular complexity index is 537. The van der Waals surface area contributed by atoms with E-state index in [1.807, 2.05) is 6.07 Å². The van der Waals surface area contributed by atoms with Gasteiger partial charge in [-0.2, -0.15) is 0 Å². The highest BCUT2D eigenvalue weighted by atomic mass is 35.5. The van der Waals surface area contributed by atoms with Crippen molar-refractivity contribution in [2.24, 2.45) is 11.3 Å². The Morgan fingerprint density at radius 1 is 1.27 bits per heavy atom.